The molecule has 2 radical (unpaired) electrons. The molecule has 2 rings (SSSR count). The Morgan fingerprint density at radius 1 is 1.09 bits per heavy atom. The van der Waals surface area contributed by atoms with Crippen molar-refractivity contribution in [2.24, 2.45) is 5.11 Å². The van der Waals surface area contributed by atoms with Gasteiger partial charge >= 0.3 is 202 Å². The van der Waals surface area contributed by atoms with E-state index in [1.54, 1.807) is 6.07 Å². The maximum absolute atomic E-state index is 13.1. The van der Waals surface area contributed by atoms with E-state index in [2.05, 4.69) is 36.9 Å². The molecule has 9 heteroatoms. The van der Waals surface area contributed by atoms with Crippen molar-refractivity contribution in [3.63, 3.8) is 0 Å². The summed E-state index contributed by atoms with van der Waals surface area (Å²) < 4.78 is 24.3. The molecule has 0 aliphatic rings. The van der Waals surface area contributed by atoms with Crippen LogP contribution in [0.3, 0.4) is 0 Å². The number of esters is 1. The summed E-state index contributed by atoms with van der Waals surface area (Å²) >= 11 is -1.00. The minimum atomic E-state index is -1.33. The van der Waals surface area contributed by atoms with Crippen LogP contribution in [0.15, 0.2) is 47.6 Å². The third-order valence-electron chi connectivity index (χ3n) is 4.50. The van der Waals surface area contributed by atoms with Crippen LogP contribution in [-0.2, 0) is 13.9 Å². The number of hydrogen-bond donors (Lipinski definition) is 0. The fourth-order valence-corrected chi connectivity index (χ4v) is 6.67. The average Bonchev–Trinajstić information content (AvgIpc) is 2.76. The first-order valence-corrected chi connectivity index (χ1v) is 17.7. The van der Waals surface area contributed by atoms with E-state index >= 15 is 0 Å². The molecule has 32 heavy (non-hydrogen) atoms. The van der Waals surface area contributed by atoms with E-state index in [1.165, 1.54) is 10.7 Å². The van der Waals surface area contributed by atoms with Gasteiger partial charge in [0.05, 0.1) is 0 Å². The molecule has 0 saturated carbocycles. The van der Waals surface area contributed by atoms with Crippen LogP contribution in [-0.4, -0.2) is 68.8 Å². The number of carbonyl (C=O) groups excluding carboxylic acids is 1. The molecule has 0 atom stereocenters. The Kier molecular flexibility index (Phi) is 11.2. The maximum atomic E-state index is 13.1. The Morgan fingerprint density at radius 2 is 1.84 bits per heavy atom. The Bertz CT molecular complexity index is 875. The Hall–Kier alpha value is -1.91. The average molecular weight is 562 g/mol. The normalized spacial score (nSPS) is 11.1. The first kappa shape index (κ1) is 26.3. The summed E-state index contributed by atoms with van der Waals surface area (Å²) in [6, 6.07) is 14.8. The van der Waals surface area contributed by atoms with Crippen molar-refractivity contribution in [2.75, 3.05) is 33.7 Å². The summed E-state index contributed by atoms with van der Waals surface area (Å²) in [5.74, 6) is 0.556. The monoisotopic (exact) mass is 563 g/mol. The summed E-state index contributed by atoms with van der Waals surface area (Å²) in [6.07, 6.45) is 0. The number of carbonyl (C=O) groups is 1. The third-order valence-corrected chi connectivity index (χ3v) is 9.91. The predicted molar refractivity (Wildman–Crippen MR) is 129 cm³/mol. The van der Waals surface area contributed by atoms with Crippen LogP contribution >= 0.6 is 0 Å². The quantitative estimate of drug-likeness (QED) is 0.114. The van der Waals surface area contributed by atoms with E-state index in [0.29, 0.717) is 23.7 Å². The van der Waals surface area contributed by atoms with Gasteiger partial charge in [-0.3, -0.25) is 0 Å². The van der Waals surface area contributed by atoms with Crippen LogP contribution in [0.1, 0.15) is 15.9 Å². The van der Waals surface area contributed by atoms with Crippen molar-refractivity contribution in [3.8, 4) is 11.5 Å². The summed E-state index contributed by atoms with van der Waals surface area (Å²) in [4.78, 5) is 13.1. The molecule has 0 N–H and O–H groups in total. The van der Waals surface area contributed by atoms with E-state index in [1.807, 2.05) is 24.3 Å². The molecule has 0 heterocycles. The Morgan fingerprint density at radius 3 is 2.50 bits per heavy atom. The zero-order valence-corrected chi connectivity index (χ0v) is 23.1. The summed E-state index contributed by atoms with van der Waals surface area (Å²) in [7, 11) is 0.198. The van der Waals surface area contributed by atoms with Crippen molar-refractivity contribution in [2.45, 2.75) is 30.1 Å². The number of ether oxygens (including phenoxy) is 4. The van der Waals surface area contributed by atoms with Gasteiger partial charge in [-0.1, -0.05) is 0 Å². The van der Waals surface area contributed by atoms with Crippen molar-refractivity contribution < 1.29 is 23.7 Å². The SMILES string of the molecule is COCOc1cc(OCCN=[N-])cc([CH2][Sn][c]2ccccc2)c1C(=O)OCC[Si](C)(C)C. The molecule has 0 amide bonds. The molecule has 0 aromatic heterocycles. The fraction of sp³-hybridized carbons (Fsp3) is 0.435. The topological polar surface area (TPSA) is 88.6 Å². The molecule has 0 aliphatic carbocycles. The molecule has 0 unspecified atom stereocenters. The number of nitrogens with zero attached hydrogens (tertiary/aromatic N) is 2. The fourth-order valence-electron chi connectivity index (χ4n) is 2.82. The van der Waals surface area contributed by atoms with Gasteiger partial charge in [0.15, 0.2) is 0 Å². The molecule has 7 nitrogen and oxygen atoms in total. The second-order valence-electron chi connectivity index (χ2n) is 8.39. The van der Waals surface area contributed by atoms with Crippen molar-refractivity contribution >= 4 is 38.8 Å². The predicted octanol–water partition coefficient (Wildman–Crippen LogP) is 4.09. The molecule has 0 fully saturated rings. The van der Waals surface area contributed by atoms with Crippen molar-refractivity contribution in [1.82, 2.24) is 0 Å². The summed E-state index contributed by atoms with van der Waals surface area (Å²) in [5, 5.41) is 3.08. The zero-order chi connectivity index (χ0) is 23.4. The molecule has 172 valence electrons. The van der Waals surface area contributed by atoms with E-state index in [4.69, 9.17) is 24.5 Å². The first-order chi connectivity index (χ1) is 15.3. The van der Waals surface area contributed by atoms with Gasteiger partial charge in [0.1, 0.15) is 0 Å². The van der Waals surface area contributed by atoms with Gasteiger partial charge in [0, 0.05) is 0 Å². The van der Waals surface area contributed by atoms with E-state index in [0.717, 1.165) is 16.0 Å². The summed E-state index contributed by atoms with van der Waals surface area (Å²) in [6.45, 7) is 7.52. The van der Waals surface area contributed by atoms with E-state index in [9.17, 15) is 4.79 Å². The second-order valence-corrected chi connectivity index (χ2v) is 17.7. The number of rotatable bonds is 14. The van der Waals surface area contributed by atoms with Gasteiger partial charge < -0.3 is 0 Å². The van der Waals surface area contributed by atoms with Crippen molar-refractivity contribution in [3.05, 3.63) is 59.1 Å². The molecule has 0 aliphatic heterocycles. The third kappa shape index (κ3) is 9.29. The van der Waals surface area contributed by atoms with Gasteiger partial charge in [0.25, 0.3) is 0 Å². The van der Waals surface area contributed by atoms with Gasteiger partial charge in [-0.05, 0) is 0 Å². The zero-order valence-electron chi connectivity index (χ0n) is 19.2. The van der Waals surface area contributed by atoms with Crippen LogP contribution in [0, 0.1) is 0 Å². The summed E-state index contributed by atoms with van der Waals surface area (Å²) in [5.41, 5.74) is 9.98. The molecule has 2 aromatic rings. The molecule has 0 bridgehead atoms. The molecule has 0 spiro atoms. The second kappa shape index (κ2) is 13.6. The molecular formula is C23H31N2O5SiSn-. The van der Waals surface area contributed by atoms with E-state index < -0.39 is 29.2 Å². The molecule has 2 aromatic carbocycles. The minimum absolute atomic E-state index is 0.00270. The first-order valence-electron chi connectivity index (χ1n) is 10.5. The Labute approximate surface area is 201 Å². The van der Waals surface area contributed by atoms with Gasteiger partial charge in [-0.2, -0.15) is 0 Å². The van der Waals surface area contributed by atoms with Crippen LogP contribution in [0.2, 0.25) is 25.7 Å². The van der Waals surface area contributed by atoms with Gasteiger partial charge in [-0.25, -0.2) is 0 Å². The number of benzene rings is 2. The number of methoxy groups -OCH3 is 1. The van der Waals surface area contributed by atoms with Crippen LogP contribution < -0.4 is 13.1 Å². The molecular weight excluding hydrogens is 531 g/mol. The van der Waals surface area contributed by atoms with Gasteiger partial charge in [0.2, 0.25) is 0 Å². The van der Waals surface area contributed by atoms with E-state index in [-0.39, 0.29) is 25.9 Å². The van der Waals surface area contributed by atoms with Crippen molar-refractivity contribution in [1.29, 1.82) is 0 Å². The standard InChI is InChI=1S/C17H26N2O5Si.C6H5.Sn/c1-13-10-14(22-7-6-19-18)11-15(24-12-21-2)16(13)17(20)23-8-9-25(3,4)5;1-2-4-6-5-3-1;/h10-11H,1,6-9,12H2,2-5H3;1-5H;/q-1;;. The van der Waals surface area contributed by atoms with Crippen LogP contribution in [0.25, 0.3) is 5.53 Å². The number of hydrogen-bond acceptors (Lipinski definition) is 6. The molecule has 0 saturated heterocycles. The Balaban J connectivity index is 2.34. The van der Waals surface area contributed by atoms with Crippen LogP contribution in [0.4, 0.5) is 0 Å². The van der Waals surface area contributed by atoms with Gasteiger partial charge in [-0.15, -0.1) is 0 Å². The van der Waals surface area contributed by atoms with Crippen LogP contribution in [0.5, 0.6) is 11.5 Å².